The third kappa shape index (κ3) is 2.24. The number of nitrogens with two attached hydrogens (primary N) is 1. The second kappa shape index (κ2) is 5.31. The number of ether oxygens (including phenoxy) is 1. The molecule has 1 saturated heterocycles. The topological polar surface area (TPSA) is 147 Å². The Bertz CT molecular complexity index is 796. The van der Waals surface area contributed by atoms with Crippen molar-refractivity contribution in [3.05, 3.63) is 22.1 Å². The summed E-state index contributed by atoms with van der Waals surface area (Å²) in [5, 5.41) is 30.4. The van der Waals surface area contributed by atoms with E-state index < -0.39 is 30.6 Å². The van der Waals surface area contributed by atoms with Crippen LogP contribution in [0.3, 0.4) is 0 Å². The number of H-pyrrole nitrogens is 1. The molecule has 2 aromatic rings. The van der Waals surface area contributed by atoms with E-state index in [4.69, 9.17) is 10.5 Å². The van der Waals surface area contributed by atoms with Crippen LogP contribution in [0.4, 0.5) is 5.95 Å². The number of aryl methyl sites for hydroxylation is 1. The van der Waals surface area contributed by atoms with E-state index in [1.54, 1.807) is 6.20 Å². The minimum atomic E-state index is -1.66. The first-order valence-electron chi connectivity index (χ1n) is 7.37. The maximum Gasteiger partial charge on any atom is 0.262 e. The first kappa shape index (κ1) is 15.9. The van der Waals surface area contributed by atoms with Crippen LogP contribution in [-0.2, 0) is 11.2 Å². The molecule has 2 aromatic heterocycles. The van der Waals surface area contributed by atoms with Crippen LogP contribution >= 0.6 is 0 Å². The van der Waals surface area contributed by atoms with Crippen LogP contribution in [-0.4, -0.2) is 54.3 Å². The van der Waals surface area contributed by atoms with E-state index in [0.717, 1.165) is 5.56 Å². The van der Waals surface area contributed by atoms with Crippen LogP contribution < -0.4 is 11.3 Å². The third-order valence-corrected chi connectivity index (χ3v) is 4.35. The number of aliphatic hydroxyl groups is 3. The van der Waals surface area contributed by atoms with Crippen molar-refractivity contribution in [1.29, 1.82) is 0 Å². The molecule has 0 bridgehead atoms. The summed E-state index contributed by atoms with van der Waals surface area (Å²) < 4.78 is 7.07. The monoisotopic (exact) mass is 324 g/mol. The molecule has 3 heterocycles. The van der Waals surface area contributed by atoms with E-state index in [9.17, 15) is 20.1 Å². The number of aromatic nitrogens is 3. The van der Waals surface area contributed by atoms with Gasteiger partial charge in [0.05, 0.1) is 12.0 Å². The Morgan fingerprint density at radius 3 is 2.83 bits per heavy atom. The molecule has 9 heteroatoms. The second-order valence-corrected chi connectivity index (χ2v) is 5.95. The van der Waals surface area contributed by atoms with E-state index in [0.29, 0.717) is 11.8 Å². The molecule has 126 valence electrons. The van der Waals surface area contributed by atoms with Crippen molar-refractivity contribution >= 4 is 17.0 Å². The van der Waals surface area contributed by atoms with Crippen LogP contribution in [0.1, 0.15) is 25.6 Å². The Morgan fingerprint density at radius 2 is 2.26 bits per heavy atom. The van der Waals surface area contributed by atoms with Gasteiger partial charge in [0.15, 0.2) is 11.9 Å². The third-order valence-electron chi connectivity index (χ3n) is 4.35. The number of nitrogen functional groups attached to an aromatic ring is 1. The number of rotatable bonds is 3. The lowest BCUT2D eigenvalue weighted by Crippen LogP contribution is -2.44. The number of hydrogen-bond donors (Lipinski definition) is 5. The zero-order chi connectivity index (χ0) is 16.9. The quantitative estimate of drug-likeness (QED) is 0.480. The van der Waals surface area contributed by atoms with Gasteiger partial charge in [-0.3, -0.25) is 9.78 Å². The fourth-order valence-electron chi connectivity index (χ4n) is 3.09. The first-order chi connectivity index (χ1) is 10.8. The Labute approximate surface area is 131 Å². The highest BCUT2D eigenvalue weighted by molar-refractivity contribution is 5.80. The van der Waals surface area contributed by atoms with Crippen molar-refractivity contribution in [2.45, 2.75) is 44.3 Å². The molecular formula is C14H20N4O5. The van der Waals surface area contributed by atoms with Gasteiger partial charge in [-0.2, -0.15) is 4.98 Å². The fraction of sp³-hybridized carbons (Fsp3) is 0.571. The average molecular weight is 324 g/mol. The highest BCUT2D eigenvalue weighted by atomic mass is 16.6. The highest BCUT2D eigenvalue weighted by Crippen LogP contribution is 2.40. The van der Waals surface area contributed by atoms with Gasteiger partial charge in [-0.05, 0) is 18.9 Å². The molecular weight excluding hydrogens is 304 g/mol. The summed E-state index contributed by atoms with van der Waals surface area (Å²) in [6, 6.07) is 0. The predicted molar refractivity (Wildman–Crippen MR) is 81.8 cm³/mol. The number of hydrogen-bond acceptors (Lipinski definition) is 7. The number of nitrogens with one attached hydrogen (secondary N) is 1. The molecule has 3 rings (SSSR count). The van der Waals surface area contributed by atoms with Crippen molar-refractivity contribution in [2.75, 3.05) is 12.3 Å². The van der Waals surface area contributed by atoms with Gasteiger partial charge < -0.3 is 30.4 Å². The molecule has 6 N–H and O–H groups in total. The van der Waals surface area contributed by atoms with E-state index >= 15 is 0 Å². The molecule has 0 spiro atoms. The number of aromatic amines is 1. The molecule has 1 aliphatic rings. The van der Waals surface area contributed by atoms with Crippen LogP contribution in [0.25, 0.3) is 11.0 Å². The number of aliphatic hydroxyl groups excluding tert-OH is 2. The lowest BCUT2D eigenvalue weighted by atomic mass is 9.96. The molecule has 4 atom stereocenters. The molecule has 0 saturated carbocycles. The number of nitrogens with zero attached hydrogens (tertiary/aromatic N) is 2. The van der Waals surface area contributed by atoms with Gasteiger partial charge in [0.2, 0.25) is 5.95 Å². The van der Waals surface area contributed by atoms with E-state index in [1.807, 2.05) is 6.92 Å². The smallest absolute Gasteiger partial charge is 0.262 e. The summed E-state index contributed by atoms with van der Waals surface area (Å²) >= 11 is 0. The lowest BCUT2D eigenvalue weighted by molar-refractivity contribution is -0.0948. The molecule has 1 aliphatic heterocycles. The SMILES string of the molecule is CCc1cn([C@@H]2O[C@H](CO)C(O)[C@]2(C)O)c2nc(N)[nH]c(=O)c12. The lowest BCUT2D eigenvalue weighted by Gasteiger charge is -2.27. The minimum Gasteiger partial charge on any atom is -0.394 e. The zero-order valence-corrected chi connectivity index (χ0v) is 12.9. The van der Waals surface area contributed by atoms with Crippen LogP contribution in [0.2, 0.25) is 0 Å². The highest BCUT2D eigenvalue weighted by Gasteiger charge is 2.53. The van der Waals surface area contributed by atoms with Gasteiger partial charge in [-0.15, -0.1) is 0 Å². The zero-order valence-electron chi connectivity index (χ0n) is 12.9. The molecule has 0 aliphatic carbocycles. The van der Waals surface area contributed by atoms with Crippen molar-refractivity contribution in [3.8, 4) is 0 Å². The van der Waals surface area contributed by atoms with Crippen molar-refractivity contribution < 1.29 is 20.1 Å². The van der Waals surface area contributed by atoms with Crippen LogP contribution in [0.15, 0.2) is 11.0 Å². The maximum absolute atomic E-state index is 12.2. The van der Waals surface area contributed by atoms with Gasteiger partial charge in [-0.25, -0.2) is 0 Å². The van der Waals surface area contributed by atoms with Crippen LogP contribution in [0, 0.1) is 0 Å². The summed E-state index contributed by atoms with van der Waals surface area (Å²) in [7, 11) is 0. The van der Waals surface area contributed by atoms with E-state index in [2.05, 4.69) is 9.97 Å². The van der Waals surface area contributed by atoms with Gasteiger partial charge in [0, 0.05) is 6.20 Å². The molecule has 23 heavy (non-hydrogen) atoms. The van der Waals surface area contributed by atoms with Gasteiger partial charge in [-0.1, -0.05) is 6.92 Å². The molecule has 0 amide bonds. The van der Waals surface area contributed by atoms with E-state index in [-0.39, 0.29) is 17.2 Å². The average Bonchev–Trinajstić information content (AvgIpc) is 2.95. The normalized spacial score (nSPS) is 31.1. The standard InChI is InChI=1S/C14H20N4O5/c1-3-6-4-18(10-8(6)11(21)17-13(15)16-10)12-14(2,22)9(20)7(5-19)23-12/h4,7,9,12,19-20,22H,3,5H2,1-2H3,(H3,15,16,17,21)/t7-,9?,12-,14+/m1/s1. The Kier molecular flexibility index (Phi) is 3.68. The molecule has 0 radical (unpaired) electrons. The Balaban J connectivity index is 2.23. The van der Waals surface area contributed by atoms with Crippen molar-refractivity contribution in [3.63, 3.8) is 0 Å². The largest absolute Gasteiger partial charge is 0.394 e. The molecule has 1 fully saturated rings. The Hall–Kier alpha value is -1.94. The Morgan fingerprint density at radius 1 is 1.57 bits per heavy atom. The molecule has 0 aromatic carbocycles. The summed E-state index contributed by atoms with van der Waals surface area (Å²) in [6.07, 6.45) is -1.00. The minimum absolute atomic E-state index is 0.0543. The van der Waals surface area contributed by atoms with Crippen molar-refractivity contribution in [2.24, 2.45) is 0 Å². The van der Waals surface area contributed by atoms with Gasteiger partial charge in [0.1, 0.15) is 17.8 Å². The summed E-state index contributed by atoms with van der Waals surface area (Å²) in [5.41, 5.74) is 4.56. The van der Waals surface area contributed by atoms with Crippen molar-refractivity contribution in [1.82, 2.24) is 14.5 Å². The van der Waals surface area contributed by atoms with Gasteiger partial charge in [0.25, 0.3) is 5.56 Å². The summed E-state index contributed by atoms with van der Waals surface area (Å²) in [6.45, 7) is 2.85. The molecule has 1 unspecified atom stereocenters. The molecule has 9 nitrogen and oxygen atoms in total. The summed E-state index contributed by atoms with van der Waals surface area (Å²) in [5.74, 6) is -0.0543. The number of fused-ring (bicyclic) bond motifs is 1. The first-order valence-corrected chi connectivity index (χ1v) is 7.37. The van der Waals surface area contributed by atoms with Crippen LogP contribution in [0.5, 0.6) is 0 Å². The number of anilines is 1. The fourth-order valence-corrected chi connectivity index (χ4v) is 3.09. The second-order valence-electron chi connectivity index (χ2n) is 5.95. The summed E-state index contributed by atoms with van der Waals surface area (Å²) in [4.78, 5) is 18.8. The van der Waals surface area contributed by atoms with E-state index in [1.165, 1.54) is 11.5 Å². The maximum atomic E-state index is 12.2. The predicted octanol–water partition coefficient (Wildman–Crippen LogP) is -1.13. The van der Waals surface area contributed by atoms with Gasteiger partial charge >= 0.3 is 0 Å².